The van der Waals surface area contributed by atoms with Gasteiger partial charge in [0.05, 0.1) is 23.7 Å². The number of aryl methyl sites for hydroxylation is 1. The molecule has 0 aliphatic carbocycles. The predicted molar refractivity (Wildman–Crippen MR) is 90.9 cm³/mol. The van der Waals surface area contributed by atoms with Crippen molar-refractivity contribution in [3.8, 4) is 11.5 Å². The number of hydrogen-bond acceptors (Lipinski definition) is 6. The van der Waals surface area contributed by atoms with Crippen molar-refractivity contribution in [3.63, 3.8) is 0 Å². The third-order valence-corrected chi connectivity index (χ3v) is 3.64. The van der Waals surface area contributed by atoms with Gasteiger partial charge in [-0.3, -0.25) is 10.1 Å². The molecular formula is C16H17ClN2O5. The van der Waals surface area contributed by atoms with E-state index >= 15 is 0 Å². The highest BCUT2D eigenvalue weighted by molar-refractivity contribution is 6.31. The van der Waals surface area contributed by atoms with Crippen molar-refractivity contribution in [2.45, 2.75) is 13.0 Å². The van der Waals surface area contributed by atoms with E-state index in [9.17, 15) is 15.2 Å². The van der Waals surface area contributed by atoms with E-state index in [0.29, 0.717) is 16.5 Å². The summed E-state index contributed by atoms with van der Waals surface area (Å²) < 4.78 is 5.66. The van der Waals surface area contributed by atoms with Crippen LogP contribution >= 0.6 is 11.6 Å². The van der Waals surface area contributed by atoms with E-state index in [1.165, 1.54) is 12.1 Å². The second-order valence-electron chi connectivity index (χ2n) is 5.20. The zero-order chi connectivity index (χ0) is 17.7. The number of ether oxygens (including phenoxy) is 1. The fourth-order valence-electron chi connectivity index (χ4n) is 1.97. The van der Waals surface area contributed by atoms with Gasteiger partial charge in [0.15, 0.2) is 0 Å². The number of aliphatic hydroxyl groups is 2. The van der Waals surface area contributed by atoms with Crippen LogP contribution in [0, 0.1) is 17.0 Å². The number of nitro benzene ring substituents is 1. The maximum absolute atomic E-state index is 11.1. The Balaban J connectivity index is 2.25. The Labute approximate surface area is 143 Å². The Kier molecular flexibility index (Phi) is 5.97. The molecule has 0 aliphatic heterocycles. The summed E-state index contributed by atoms with van der Waals surface area (Å²) >= 11 is 5.96. The maximum atomic E-state index is 11.1. The Bertz CT molecular complexity index is 738. The van der Waals surface area contributed by atoms with Gasteiger partial charge in [0.25, 0.3) is 5.69 Å². The van der Waals surface area contributed by atoms with Gasteiger partial charge in [0.1, 0.15) is 11.5 Å². The van der Waals surface area contributed by atoms with Crippen LogP contribution in [0.2, 0.25) is 5.02 Å². The van der Waals surface area contributed by atoms with Crippen LogP contribution in [-0.4, -0.2) is 34.4 Å². The fourth-order valence-corrected chi connectivity index (χ4v) is 2.08. The average Bonchev–Trinajstić information content (AvgIpc) is 2.55. The molecule has 128 valence electrons. The Hall–Kier alpha value is -2.35. The molecule has 0 spiro atoms. The Morgan fingerprint density at radius 2 is 2.04 bits per heavy atom. The molecule has 8 heteroatoms. The molecule has 7 nitrogen and oxygen atoms in total. The number of nitrogens with zero attached hydrogens (tertiary/aromatic N) is 1. The van der Waals surface area contributed by atoms with Crippen molar-refractivity contribution in [2.75, 3.05) is 18.5 Å². The molecule has 3 N–H and O–H groups in total. The fraction of sp³-hybridized carbons (Fsp3) is 0.250. The van der Waals surface area contributed by atoms with E-state index in [1.54, 1.807) is 24.3 Å². The normalized spacial score (nSPS) is 11.8. The van der Waals surface area contributed by atoms with Crippen molar-refractivity contribution in [3.05, 3.63) is 57.1 Å². The van der Waals surface area contributed by atoms with E-state index in [0.717, 1.165) is 5.56 Å². The number of rotatable bonds is 7. The molecule has 0 aromatic heterocycles. The van der Waals surface area contributed by atoms with Crippen LogP contribution in [0.1, 0.15) is 5.56 Å². The zero-order valence-electron chi connectivity index (χ0n) is 12.9. The number of nitrogens with one attached hydrogen (secondary N) is 1. The SMILES string of the molecule is Cc1cc(Oc2cc(NCC(O)CO)cc([N+](=O)[O-])c2)ccc1Cl. The molecule has 0 bridgehead atoms. The van der Waals surface area contributed by atoms with Crippen molar-refractivity contribution in [2.24, 2.45) is 0 Å². The predicted octanol–water partition coefficient (Wildman–Crippen LogP) is 3.11. The summed E-state index contributed by atoms with van der Waals surface area (Å²) in [7, 11) is 0. The lowest BCUT2D eigenvalue weighted by atomic mass is 10.2. The number of nitro groups is 1. The second kappa shape index (κ2) is 7.96. The summed E-state index contributed by atoms with van der Waals surface area (Å²) in [6, 6.07) is 9.27. The number of non-ortho nitro benzene ring substituents is 1. The molecule has 24 heavy (non-hydrogen) atoms. The van der Waals surface area contributed by atoms with E-state index in [1.807, 2.05) is 6.92 Å². The highest BCUT2D eigenvalue weighted by Crippen LogP contribution is 2.31. The van der Waals surface area contributed by atoms with Crippen molar-refractivity contribution in [1.82, 2.24) is 0 Å². The summed E-state index contributed by atoms with van der Waals surface area (Å²) in [6.07, 6.45) is -0.965. The number of halogens is 1. The highest BCUT2D eigenvalue weighted by Gasteiger charge is 2.12. The molecule has 0 fully saturated rings. The van der Waals surface area contributed by atoms with Crippen LogP contribution in [0.5, 0.6) is 11.5 Å². The smallest absolute Gasteiger partial charge is 0.275 e. The Morgan fingerprint density at radius 3 is 2.67 bits per heavy atom. The first-order valence-electron chi connectivity index (χ1n) is 7.15. The largest absolute Gasteiger partial charge is 0.457 e. The molecule has 0 saturated heterocycles. The van der Waals surface area contributed by atoms with Gasteiger partial charge >= 0.3 is 0 Å². The molecule has 1 unspecified atom stereocenters. The summed E-state index contributed by atoms with van der Waals surface area (Å²) in [5, 5.41) is 32.7. The first-order chi connectivity index (χ1) is 11.4. The maximum Gasteiger partial charge on any atom is 0.275 e. The lowest BCUT2D eigenvalue weighted by Gasteiger charge is -2.12. The quantitative estimate of drug-likeness (QED) is 0.522. The van der Waals surface area contributed by atoms with Crippen LogP contribution in [-0.2, 0) is 0 Å². The molecule has 0 aliphatic rings. The van der Waals surface area contributed by atoms with Gasteiger partial charge in [-0.1, -0.05) is 11.6 Å². The van der Waals surface area contributed by atoms with E-state index in [-0.39, 0.29) is 18.0 Å². The van der Waals surface area contributed by atoms with E-state index < -0.39 is 17.6 Å². The third-order valence-electron chi connectivity index (χ3n) is 3.22. The molecule has 0 amide bonds. The van der Waals surface area contributed by atoms with Gasteiger partial charge < -0.3 is 20.3 Å². The molecule has 0 radical (unpaired) electrons. The minimum atomic E-state index is -0.965. The minimum Gasteiger partial charge on any atom is -0.457 e. The molecule has 2 aromatic carbocycles. The average molecular weight is 353 g/mol. The van der Waals surface area contributed by atoms with Crippen molar-refractivity contribution < 1.29 is 19.9 Å². The number of hydrogen-bond donors (Lipinski definition) is 3. The van der Waals surface area contributed by atoms with Gasteiger partial charge in [-0.05, 0) is 30.7 Å². The van der Waals surface area contributed by atoms with Crippen LogP contribution < -0.4 is 10.1 Å². The monoisotopic (exact) mass is 352 g/mol. The molecular weight excluding hydrogens is 336 g/mol. The van der Waals surface area contributed by atoms with Crippen molar-refractivity contribution >= 4 is 23.0 Å². The summed E-state index contributed by atoms with van der Waals surface area (Å²) in [5.74, 6) is 0.769. The molecule has 0 saturated carbocycles. The lowest BCUT2D eigenvalue weighted by Crippen LogP contribution is -2.22. The summed E-state index contributed by atoms with van der Waals surface area (Å²) in [5.41, 5.74) is 1.07. The summed E-state index contributed by atoms with van der Waals surface area (Å²) in [6.45, 7) is 1.47. The number of benzene rings is 2. The van der Waals surface area contributed by atoms with E-state index in [4.69, 9.17) is 21.4 Å². The second-order valence-corrected chi connectivity index (χ2v) is 5.61. The van der Waals surface area contributed by atoms with Crippen molar-refractivity contribution in [1.29, 1.82) is 0 Å². The molecule has 1 atom stereocenters. The van der Waals surface area contributed by atoms with E-state index in [2.05, 4.69) is 5.32 Å². The van der Waals surface area contributed by atoms with Crippen LogP contribution in [0.3, 0.4) is 0 Å². The third kappa shape index (κ3) is 4.82. The topological polar surface area (TPSA) is 105 Å². The first-order valence-corrected chi connectivity index (χ1v) is 7.53. The lowest BCUT2D eigenvalue weighted by molar-refractivity contribution is -0.384. The van der Waals surface area contributed by atoms with Crippen LogP contribution in [0.25, 0.3) is 0 Å². The van der Waals surface area contributed by atoms with Gasteiger partial charge in [0, 0.05) is 29.4 Å². The molecule has 2 aromatic rings. The molecule has 0 heterocycles. The summed E-state index contributed by atoms with van der Waals surface area (Å²) in [4.78, 5) is 10.5. The Morgan fingerprint density at radius 1 is 1.29 bits per heavy atom. The number of aliphatic hydroxyl groups excluding tert-OH is 2. The van der Waals surface area contributed by atoms with Crippen LogP contribution in [0.15, 0.2) is 36.4 Å². The first kappa shape index (κ1) is 18.0. The zero-order valence-corrected chi connectivity index (χ0v) is 13.7. The number of anilines is 1. The minimum absolute atomic E-state index is 0.0527. The van der Waals surface area contributed by atoms with Crippen LogP contribution in [0.4, 0.5) is 11.4 Å². The van der Waals surface area contributed by atoms with Gasteiger partial charge in [-0.25, -0.2) is 0 Å². The van der Waals surface area contributed by atoms with Gasteiger partial charge in [0.2, 0.25) is 0 Å². The standard InChI is InChI=1S/C16H17ClN2O5/c1-10-4-14(2-3-16(10)17)24-15-6-11(18-8-13(21)9-20)5-12(7-15)19(22)23/h2-7,13,18,20-21H,8-9H2,1H3. The molecule has 2 rings (SSSR count). The van der Waals surface area contributed by atoms with Gasteiger partial charge in [-0.2, -0.15) is 0 Å². The highest BCUT2D eigenvalue weighted by atomic mass is 35.5. The van der Waals surface area contributed by atoms with Gasteiger partial charge in [-0.15, -0.1) is 0 Å².